The Balaban J connectivity index is 2.52. The number of nitrogens with two attached hydrogens (primary N) is 1. The van der Waals surface area contributed by atoms with Crippen LogP contribution in [0.15, 0.2) is 64.5 Å². The van der Waals surface area contributed by atoms with Crippen LogP contribution < -0.4 is 5.73 Å². The normalized spacial score (nSPS) is 23.6. The van der Waals surface area contributed by atoms with Crippen LogP contribution in [0.5, 0.6) is 0 Å². The second-order valence-electron chi connectivity index (χ2n) is 4.27. The molecule has 1 heterocycles. The first kappa shape index (κ1) is 13.1. The van der Waals surface area contributed by atoms with E-state index >= 15 is 0 Å². The Morgan fingerprint density at radius 3 is 2.68 bits per heavy atom. The van der Waals surface area contributed by atoms with E-state index in [4.69, 9.17) is 10.5 Å². The van der Waals surface area contributed by atoms with Crippen LogP contribution in [0.4, 0.5) is 0 Å². The number of rotatable bonds is 2. The monoisotopic (exact) mass is 255 g/mol. The number of ether oxygens (including phenoxy) is 1. The summed E-state index contributed by atoms with van der Waals surface area (Å²) < 4.78 is 5.78. The summed E-state index contributed by atoms with van der Waals surface area (Å²) in [6.45, 7) is 7.29. The van der Waals surface area contributed by atoms with Crippen LogP contribution in [0.3, 0.4) is 0 Å². The molecule has 0 aromatic heterocycles. The lowest BCUT2D eigenvalue weighted by atomic mass is 10.0. The Labute approximate surface area is 113 Å². The van der Waals surface area contributed by atoms with Crippen LogP contribution in [0.25, 0.3) is 0 Å². The van der Waals surface area contributed by atoms with Crippen LogP contribution in [-0.4, -0.2) is 17.7 Å². The Morgan fingerprint density at radius 2 is 2.11 bits per heavy atom. The van der Waals surface area contributed by atoms with Gasteiger partial charge in [-0.2, -0.15) is 0 Å². The first-order chi connectivity index (χ1) is 9.13. The molecule has 0 bridgehead atoms. The van der Waals surface area contributed by atoms with Gasteiger partial charge in [0.2, 0.25) is 5.90 Å². The lowest BCUT2D eigenvalue weighted by Gasteiger charge is -2.24. The SMILES string of the molecule is C=CN=C1OC(C)C(c2ccccc2)=N/C1=C(/C)N. The summed E-state index contributed by atoms with van der Waals surface area (Å²) in [6.07, 6.45) is 1.25. The Hall–Kier alpha value is -2.36. The molecule has 1 aliphatic heterocycles. The summed E-state index contributed by atoms with van der Waals surface area (Å²) >= 11 is 0. The van der Waals surface area contributed by atoms with Crippen LogP contribution in [0.1, 0.15) is 19.4 Å². The lowest BCUT2D eigenvalue weighted by Crippen LogP contribution is -2.32. The summed E-state index contributed by atoms with van der Waals surface area (Å²) in [4.78, 5) is 8.68. The minimum atomic E-state index is -0.177. The van der Waals surface area contributed by atoms with Gasteiger partial charge in [0.1, 0.15) is 11.8 Å². The molecule has 4 heteroatoms. The Morgan fingerprint density at radius 1 is 1.42 bits per heavy atom. The molecule has 1 aromatic rings. The molecule has 0 saturated heterocycles. The fourth-order valence-electron chi connectivity index (χ4n) is 1.88. The third-order valence-electron chi connectivity index (χ3n) is 2.76. The quantitative estimate of drug-likeness (QED) is 0.883. The van der Waals surface area contributed by atoms with E-state index in [1.54, 1.807) is 6.92 Å². The van der Waals surface area contributed by atoms with Crippen molar-refractivity contribution in [1.29, 1.82) is 0 Å². The van der Waals surface area contributed by atoms with Crippen molar-refractivity contribution in [1.82, 2.24) is 0 Å². The zero-order valence-corrected chi connectivity index (χ0v) is 11.1. The van der Waals surface area contributed by atoms with E-state index in [1.807, 2.05) is 37.3 Å². The average Bonchev–Trinajstić information content (AvgIpc) is 2.40. The van der Waals surface area contributed by atoms with Crippen molar-refractivity contribution in [2.24, 2.45) is 15.7 Å². The molecule has 0 radical (unpaired) electrons. The van der Waals surface area contributed by atoms with Crippen molar-refractivity contribution >= 4 is 11.6 Å². The number of hydrogen-bond acceptors (Lipinski definition) is 4. The summed E-state index contributed by atoms with van der Waals surface area (Å²) in [5.74, 6) is 0.419. The molecule has 4 nitrogen and oxygen atoms in total. The van der Waals surface area contributed by atoms with Gasteiger partial charge in [0, 0.05) is 11.9 Å². The lowest BCUT2D eigenvalue weighted by molar-refractivity contribution is 0.268. The van der Waals surface area contributed by atoms with E-state index in [1.165, 1.54) is 6.20 Å². The van der Waals surface area contributed by atoms with E-state index in [0.29, 0.717) is 17.3 Å². The van der Waals surface area contributed by atoms with E-state index in [0.717, 1.165) is 11.3 Å². The highest BCUT2D eigenvalue weighted by Gasteiger charge is 2.25. The largest absolute Gasteiger partial charge is 0.467 e. The van der Waals surface area contributed by atoms with Gasteiger partial charge in [0.25, 0.3) is 0 Å². The fraction of sp³-hybridized carbons (Fsp3) is 0.200. The van der Waals surface area contributed by atoms with Crippen molar-refractivity contribution in [2.75, 3.05) is 0 Å². The van der Waals surface area contributed by atoms with Gasteiger partial charge >= 0.3 is 0 Å². The number of hydrogen-bond donors (Lipinski definition) is 1. The smallest absolute Gasteiger partial charge is 0.242 e. The maximum atomic E-state index is 5.85. The molecular weight excluding hydrogens is 238 g/mol. The first-order valence-electron chi connectivity index (χ1n) is 6.09. The van der Waals surface area contributed by atoms with E-state index in [9.17, 15) is 0 Å². The fourth-order valence-corrected chi connectivity index (χ4v) is 1.88. The third-order valence-corrected chi connectivity index (χ3v) is 2.76. The minimum Gasteiger partial charge on any atom is -0.467 e. The third kappa shape index (κ3) is 2.73. The van der Waals surface area contributed by atoms with Crippen LogP contribution in [0, 0.1) is 0 Å². The van der Waals surface area contributed by atoms with Gasteiger partial charge in [0.15, 0.2) is 0 Å². The molecule has 0 aliphatic carbocycles. The number of aliphatic imine (C=N–C) groups is 2. The summed E-state index contributed by atoms with van der Waals surface area (Å²) in [5.41, 5.74) is 8.86. The molecule has 19 heavy (non-hydrogen) atoms. The van der Waals surface area contributed by atoms with Gasteiger partial charge in [-0.15, -0.1) is 0 Å². The first-order valence-corrected chi connectivity index (χ1v) is 6.09. The molecule has 1 atom stereocenters. The van der Waals surface area contributed by atoms with Crippen molar-refractivity contribution in [3.8, 4) is 0 Å². The Kier molecular flexibility index (Phi) is 3.80. The molecule has 2 N–H and O–H groups in total. The van der Waals surface area contributed by atoms with Crippen LogP contribution in [0.2, 0.25) is 0 Å². The molecule has 0 saturated carbocycles. The molecular formula is C15H17N3O. The molecule has 1 unspecified atom stereocenters. The van der Waals surface area contributed by atoms with Gasteiger partial charge in [-0.1, -0.05) is 36.9 Å². The van der Waals surface area contributed by atoms with Gasteiger partial charge in [-0.05, 0) is 19.4 Å². The molecule has 0 spiro atoms. The highest BCUT2D eigenvalue weighted by atomic mass is 16.5. The van der Waals surface area contributed by atoms with Crippen LogP contribution in [-0.2, 0) is 4.74 Å². The van der Waals surface area contributed by atoms with E-state index < -0.39 is 0 Å². The molecule has 1 aliphatic rings. The minimum absolute atomic E-state index is 0.177. The van der Waals surface area contributed by atoms with E-state index in [2.05, 4.69) is 16.6 Å². The van der Waals surface area contributed by atoms with Crippen molar-refractivity contribution < 1.29 is 4.74 Å². The maximum Gasteiger partial charge on any atom is 0.242 e. The molecule has 0 fully saturated rings. The Bertz CT molecular complexity index is 566. The summed E-state index contributed by atoms with van der Waals surface area (Å²) in [6, 6.07) is 9.90. The summed E-state index contributed by atoms with van der Waals surface area (Å²) in [7, 11) is 0. The molecule has 2 rings (SSSR count). The van der Waals surface area contributed by atoms with Crippen molar-refractivity contribution in [2.45, 2.75) is 20.0 Å². The van der Waals surface area contributed by atoms with Crippen molar-refractivity contribution in [3.05, 3.63) is 60.1 Å². The zero-order chi connectivity index (χ0) is 13.8. The van der Waals surface area contributed by atoms with E-state index in [-0.39, 0.29) is 6.10 Å². The topological polar surface area (TPSA) is 60.0 Å². The second-order valence-corrected chi connectivity index (χ2v) is 4.27. The average molecular weight is 255 g/mol. The van der Waals surface area contributed by atoms with Gasteiger partial charge in [-0.25, -0.2) is 9.98 Å². The van der Waals surface area contributed by atoms with Crippen LogP contribution >= 0.6 is 0 Å². The summed E-state index contributed by atoms with van der Waals surface area (Å²) in [5, 5.41) is 0. The van der Waals surface area contributed by atoms with Gasteiger partial charge < -0.3 is 10.5 Å². The molecule has 98 valence electrons. The molecule has 1 aromatic carbocycles. The standard InChI is InChI=1S/C15H17N3O/c1-4-17-15-13(10(2)16)18-14(11(3)19-15)12-8-6-5-7-9-12/h4-9,11H,1,16H2,2-3H3/b13-10-,17-15?. The van der Waals surface area contributed by atoms with Gasteiger partial charge in [-0.3, -0.25) is 0 Å². The molecule has 0 amide bonds. The van der Waals surface area contributed by atoms with Crippen molar-refractivity contribution in [3.63, 3.8) is 0 Å². The highest BCUT2D eigenvalue weighted by Crippen LogP contribution is 2.20. The number of benzene rings is 1. The predicted molar refractivity (Wildman–Crippen MR) is 78.0 cm³/mol. The van der Waals surface area contributed by atoms with Gasteiger partial charge in [0.05, 0.1) is 5.71 Å². The maximum absolute atomic E-state index is 5.85. The number of nitrogens with zero attached hydrogens (tertiary/aromatic N) is 2. The number of allylic oxidation sites excluding steroid dienone is 1. The second kappa shape index (κ2) is 5.52. The predicted octanol–water partition coefficient (Wildman–Crippen LogP) is 2.63. The zero-order valence-electron chi connectivity index (χ0n) is 11.1. The highest BCUT2D eigenvalue weighted by molar-refractivity contribution is 6.11.